The number of ether oxygens (including phenoxy) is 3. The van der Waals surface area contributed by atoms with Crippen molar-refractivity contribution in [3.8, 4) is 5.75 Å². The number of rotatable bonds is 3. The van der Waals surface area contributed by atoms with Crippen molar-refractivity contribution >= 4 is 5.78 Å². The van der Waals surface area contributed by atoms with Gasteiger partial charge in [0.2, 0.25) is 0 Å². The van der Waals surface area contributed by atoms with Crippen molar-refractivity contribution in [3.63, 3.8) is 0 Å². The topological polar surface area (TPSA) is 44.8 Å². The van der Waals surface area contributed by atoms with Gasteiger partial charge >= 0.3 is 6.61 Å². The smallest absolute Gasteiger partial charge is 0.387 e. The minimum Gasteiger partial charge on any atom is -0.435 e. The molecule has 1 saturated heterocycles. The molecule has 0 N–H and O–H groups in total. The van der Waals surface area contributed by atoms with E-state index in [0.29, 0.717) is 0 Å². The maximum Gasteiger partial charge on any atom is 0.387 e. The Morgan fingerprint density at radius 1 is 1.33 bits per heavy atom. The summed E-state index contributed by atoms with van der Waals surface area (Å²) in [4.78, 5) is 12.0. The lowest BCUT2D eigenvalue weighted by molar-refractivity contribution is -0.160. The number of alkyl halides is 2. The van der Waals surface area contributed by atoms with Crippen LogP contribution in [0.4, 0.5) is 8.78 Å². The molecule has 4 nitrogen and oxygen atoms in total. The van der Waals surface area contributed by atoms with Gasteiger partial charge in [0, 0.05) is 12.3 Å². The van der Waals surface area contributed by atoms with E-state index in [-0.39, 0.29) is 30.0 Å². The van der Waals surface area contributed by atoms with Gasteiger partial charge in [0.05, 0.1) is 0 Å². The molecule has 0 unspecified atom stereocenters. The van der Waals surface area contributed by atoms with Gasteiger partial charge in [-0.15, -0.1) is 0 Å². The molecule has 2 aliphatic rings. The fourth-order valence-corrected chi connectivity index (χ4v) is 3.01. The molecule has 3 atom stereocenters. The summed E-state index contributed by atoms with van der Waals surface area (Å²) in [6.07, 6.45) is -0.678. The third kappa shape index (κ3) is 2.78. The molecule has 2 fully saturated rings. The standard InChI is InChI=1S/C15H16F2O4/c1-15(2)20-12-10(7-11(18)13(12)21-15)8-4-3-5-9(6-8)19-14(16)17/h3-6,10,12-14H,7H2,1-2H3/t10-,12-,13+/m1/s1. The van der Waals surface area contributed by atoms with Crippen LogP contribution in [0.15, 0.2) is 24.3 Å². The molecule has 0 amide bonds. The van der Waals surface area contributed by atoms with E-state index in [1.54, 1.807) is 26.0 Å². The summed E-state index contributed by atoms with van der Waals surface area (Å²) < 4.78 is 40.4. The van der Waals surface area contributed by atoms with Crippen LogP contribution in [0.1, 0.15) is 31.7 Å². The zero-order valence-corrected chi connectivity index (χ0v) is 11.7. The monoisotopic (exact) mass is 298 g/mol. The van der Waals surface area contributed by atoms with Gasteiger partial charge in [-0.1, -0.05) is 12.1 Å². The molecule has 1 aromatic rings. The second-order valence-corrected chi connectivity index (χ2v) is 5.75. The number of benzene rings is 1. The SMILES string of the molecule is CC1(C)O[C@@H]2[C@@H](c3cccc(OC(F)F)c3)CC(=O)[C@@H]2O1. The molecule has 0 spiro atoms. The number of carbonyl (C=O) groups is 1. The van der Waals surface area contributed by atoms with Crippen molar-refractivity contribution in [3.05, 3.63) is 29.8 Å². The zero-order valence-electron chi connectivity index (χ0n) is 11.7. The lowest BCUT2D eigenvalue weighted by Crippen LogP contribution is -2.25. The number of halogens is 2. The Labute approximate surface area is 121 Å². The van der Waals surface area contributed by atoms with Gasteiger partial charge in [0.25, 0.3) is 0 Å². The maximum absolute atomic E-state index is 12.3. The quantitative estimate of drug-likeness (QED) is 0.860. The van der Waals surface area contributed by atoms with Crippen LogP contribution in [0, 0.1) is 0 Å². The first kappa shape index (κ1) is 14.4. The number of carbonyl (C=O) groups excluding carboxylic acids is 1. The molecule has 0 bridgehead atoms. The molecule has 1 aliphatic carbocycles. The lowest BCUT2D eigenvalue weighted by atomic mass is 9.95. The van der Waals surface area contributed by atoms with Crippen LogP contribution >= 0.6 is 0 Å². The highest BCUT2D eigenvalue weighted by Gasteiger charge is 2.54. The Balaban J connectivity index is 1.85. The highest BCUT2D eigenvalue weighted by molar-refractivity contribution is 5.88. The van der Waals surface area contributed by atoms with Gasteiger partial charge in [-0.3, -0.25) is 4.79 Å². The van der Waals surface area contributed by atoms with Crippen LogP contribution in [0.3, 0.4) is 0 Å². The van der Waals surface area contributed by atoms with E-state index < -0.39 is 18.5 Å². The molecule has 1 aromatic carbocycles. The summed E-state index contributed by atoms with van der Waals surface area (Å²) in [5, 5.41) is 0. The fourth-order valence-electron chi connectivity index (χ4n) is 3.01. The molecule has 1 aliphatic heterocycles. The average Bonchev–Trinajstić information content (AvgIpc) is 2.84. The van der Waals surface area contributed by atoms with Gasteiger partial charge < -0.3 is 14.2 Å². The van der Waals surface area contributed by atoms with Crippen molar-refractivity contribution in [1.29, 1.82) is 0 Å². The Morgan fingerprint density at radius 3 is 2.81 bits per heavy atom. The number of Topliss-reactive ketones (excluding diaryl/α,β-unsaturated/α-hetero) is 1. The van der Waals surface area contributed by atoms with E-state index in [2.05, 4.69) is 4.74 Å². The van der Waals surface area contributed by atoms with Gasteiger partial charge in [-0.25, -0.2) is 0 Å². The first-order valence-electron chi connectivity index (χ1n) is 6.79. The molecule has 6 heteroatoms. The first-order valence-corrected chi connectivity index (χ1v) is 6.79. The molecule has 3 rings (SSSR count). The Bertz CT molecular complexity index is 558. The van der Waals surface area contributed by atoms with Gasteiger partial charge in [0.15, 0.2) is 11.6 Å². The molecule has 0 aromatic heterocycles. The first-order chi connectivity index (χ1) is 9.85. The largest absolute Gasteiger partial charge is 0.435 e. The van der Waals surface area contributed by atoms with Gasteiger partial charge in [-0.2, -0.15) is 8.78 Å². The lowest BCUT2D eigenvalue weighted by Gasteiger charge is -2.21. The number of hydrogen-bond donors (Lipinski definition) is 0. The summed E-state index contributed by atoms with van der Waals surface area (Å²) in [5.41, 5.74) is 0.746. The zero-order chi connectivity index (χ0) is 15.2. The van der Waals surface area contributed by atoms with Gasteiger partial charge in [-0.05, 0) is 31.5 Å². The van der Waals surface area contributed by atoms with Crippen LogP contribution in [0.5, 0.6) is 5.75 Å². The molecule has 1 saturated carbocycles. The molecular formula is C15H16F2O4. The summed E-state index contributed by atoms with van der Waals surface area (Å²) >= 11 is 0. The third-order valence-electron chi connectivity index (χ3n) is 3.78. The van der Waals surface area contributed by atoms with Crippen molar-refractivity contribution in [2.24, 2.45) is 0 Å². The predicted octanol–water partition coefficient (Wildman–Crippen LogP) is 2.86. The van der Waals surface area contributed by atoms with E-state index in [4.69, 9.17) is 9.47 Å². The number of hydrogen-bond acceptors (Lipinski definition) is 4. The van der Waals surface area contributed by atoms with Crippen LogP contribution < -0.4 is 4.74 Å². The molecule has 114 valence electrons. The number of ketones is 1. The summed E-state index contributed by atoms with van der Waals surface area (Å²) in [7, 11) is 0. The van der Waals surface area contributed by atoms with E-state index in [1.165, 1.54) is 12.1 Å². The fraction of sp³-hybridized carbons (Fsp3) is 0.533. The molecule has 0 radical (unpaired) electrons. The second kappa shape index (κ2) is 5.03. The van der Waals surface area contributed by atoms with Crippen molar-refractivity contribution < 1.29 is 27.8 Å². The van der Waals surface area contributed by atoms with E-state index in [0.717, 1.165) is 5.56 Å². The van der Waals surface area contributed by atoms with Crippen molar-refractivity contribution in [1.82, 2.24) is 0 Å². The van der Waals surface area contributed by atoms with E-state index in [9.17, 15) is 13.6 Å². The molecule has 1 heterocycles. The van der Waals surface area contributed by atoms with E-state index in [1.807, 2.05) is 0 Å². The van der Waals surface area contributed by atoms with Crippen LogP contribution in [-0.4, -0.2) is 30.4 Å². The molecule has 21 heavy (non-hydrogen) atoms. The van der Waals surface area contributed by atoms with Gasteiger partial charge in [0.1, 0.15) is 18.0 Å². The Hall–Kier alpha value is -1.53. The Morgan fingerprint density at radius 2 is 2.10 bits per heavy atom. The van der Waals surface area contributed by atoms with E-state index >= 15 is 0 Å². The minimum absolute atomic E-state index is 0.0178. The summed E-state index contributed by atoms with van der Waals surface area (Å²) in [6.45, 7) is 0.640. The molecular weight excluding hydrogens is 282 g/mol. The van der Waals surface area contributed by atoms with Crippen molar-refractivity contribution in [2.45, 2.75) is 50.8 Å². The summed E-state index contributed by atoms with van der Waals surface area (Å²) in [5.74, 6) is -0.946. The highest BCUT2D eigenvalue weighted by Crippen LogP contribution is 2.44. The average molecular weight is 298 g/mol. The third-order valence-corrected chi connectivity index (χ3v) is 3.78. The van der Waals surface area contributed by atoms with Crippen LogP contribution in [-0.2, 0) is 14.3 Å². The predicted molar refractivity (Wildman–Crippen MR) is 69.3 cm³/mol. The minimum atomic E-state index is -2.87. The summed E-state index contributed by atoms with van der Waals surface area (Å²) in [6, 6.07) is 6.40. The highest BCUT2D eigenvalue weighted by atomic mass is 19.3. The Kier molecular flexibility index (Phi) is 3.45. The number of fused-ring (bicyclic) bond motifs is 1. The normalized spacial score (nSPS) is 30.7. The van der Waals surface area contributed by atoms with Crippen LogP contribution in [0.25, 0.3) is 0 Å². The second-order valence-electron chi connectivity index (χ2n) is 5.75. The van der Waals surface area contributed by atoms with Crippen LogP contribution in [0.2, 0.25) is 0 Å². The van der Waals surface area contributed by atoms with Crippen molar-refractivity contribution in [2.75, 3.05) is 0 Å². The maximum atomic E-state index is 12.3.